The SMILES string of the molecule is CCCCCn1c(=O)c2c(nc3n(Cc4ccc(OC)cc4)c(C)cn23)n(C)c1=O. The molecule has 0 saturated heterocycles. The lowest BCUT2D eigenvalue weighted by Crippen LogP contribution is -2.39. The van der Waals surface area contributed by atoms with Gasteiger partial charge in [0.2, 0.25) is 5.78 Å². The monoisotopic (exact) mass is 409 g/mol. The Morgan fingerprint density at radius 3 is 2.47 bits per heavy atom. The lowest BCUT2D eigenvalue weighted by molar-refractivity contribution is 0.414. The summed E-state index contributed by atoms with van der Waals surface area (Å²) < 4.78 is 11.9. The van der Waals surface area contributed by atoms with Crippen LogP contribution >= 0.6 is 0 Å². The first kappa shape index (κ1) is 20.0. The lowest BCUT2D eigenvalue weighted by atomic mass is 10.2. The summed E-state index contributed by atoms with van der Waals surface area (Å²) in [5.74, 6) is 1.45. The van der Waals surface area contributed by atoms with Gasteiger partial charge in [-0.05, 0) is 31.0 Å². The molecule has 0 radical (unpaired) electrons. The molecule has 0 aliphatic heterocycles. The number of fused-ring (bicyclic) bond motifs is 3. The molecular weight excluding hydrogens is 382 g/mol. The van der Waals surface area contributed by atoms with Crippen molar-refractivity contribution < 1.29 is 4.74 Å². The Bertz CT molecular complexity index is 1320. The molecule has 4 aromatic rings. The van der Waals surface area contributed by atoms with Crippen molar-refractivity contribution in [3.05, 3.63) is 62.6 Å². The second kappa shape index (κ2) is 7.85. The van der Waals surface area contributed by atoms with E-state index in [9.17, 15) is 9.59 Å². The quantitative estimate of drug-likeness (QED) is 0.440. The molecule has 30 heavy (non-hydrogen) atoms. The van der Waals surface area contributed by atoms with Gasteiger partial charge in [-0.3, -0.25) is 18.3 Å². The van der Waals surface area contributed by atoms with Crippen LogP contribution in [0.25, 0.3) is 16.9 Å². The second-order valence-corrected chi connectivity index (χ2v) is 7.66. The number of nitrogens with zero attached hydrogens (tertiary/aromatic N) is 5. The van der Waals surface area contributed by atoms with Crippen LogP contribution in [-0.4, -0.2) is 30.2 Å². The van der Waals surface area contributed by atoms with Gasteiger partial charge in [0.1, 0.15) is 5.75 Å². The summed E-state index contributed by atoms with van der Waals surface area (Å²) in [4.78, 5) is 30.6. The van der Waals surface area contributed by atoms with Crippen LogP contribution < -0.4 is 16.0 Å². The maximum absolute atomic E-state index is 13.2. The van der Waals surface area contributed by atoms with Crippen LogP contribution in [0.5, 0.6) is 5.75 Å². The fourth-order valence-corrected chi connectivity index (χ4v) is 3.88. The zero-order valence-corrected chi connectivity index (χ0v) is 17.9. The first-order valence-electron chi connectivity index (χ1n) is 10.3. The van der Waals surface area contributed by atoms with Crippen LogP contribution in [-0.2, 0) is 20.1 Å². The number of ether oxygens (including phenoxy) is 1. The van der Waals surface area contributed by atoms with Gasteiger partial charge in [0, 0.05) is 25.5 Å². The molecular formula is C22H27N5O3. The smallest absolute Gasteiger partial charge is 0.332 e. The minimum absolute atomic E-state index is 0.279. The maximum atomic E-state index is 13.2. The van der Waals surface area contributed by atoms with Crippen molar-refractivity contribution in [1.29, 1.82) is 0 Å². The summed E-state index contributed by atoms with van der Waals surface area (Å²) in [7, 11) is 3.32. The Balaban J connectivity index is 1.85. The van der Waals surface area contributed by atoms with E-state index >= 15 is 0 Å². The van der Waals surface area contributed by atoms with Gasteiger partial charge < -0.3 is 9.30 Å². The van der Waals surface area contributed by atoms with E-state index in [1.165, 1.54) is 9.13 Å². The number of imidazole rings is 2. The van der Waals surface area contributed by atoms with E-state index in [0.29, 0.717) is 30.0 Å². The highest BCUT2D eigenvalue weighted by Crippen LogP contribution is 2.19. The van der Waals surface area contributed by atoms with Crippen LogP contribution in [0, 0.1) is 6.92 Å². The van der Waals surface area contributed by atoms with E-state index in [4.69, 9.17) is 4.74 Å². The predicted molar refractivity (Wildman–Crippen MR) is 117 cm³/mol. The van der Waals surface area contributed by atoms with Crippen molar-refractivity contribution in [1.82, 2.24) is 23.1 Å². The van der Waals surface area contributed by atoms with E-state index < -0.39 is 0 Å². The average Bonchev–Trinajstić information content (AvgIpc) is 3.25. The third-order valence-corrected chi connectivity index (χ3v) is 5.63. The molecule has 0 aliphatic carbocycles. The number of aryl methyl sites for hydroxylation is 2. The first-order chi connectivity index (χ1) is 14.5. The van der Waals surface area contributed by atoms with Gasteiger partial charge in [-0.25, -0.2) is 4.79 Å². The number of benzene rings is 1. The van der Waals surface area contributed by atoms with E-state index in [2.05, 4.69) is 11.9 Å². The van der Waals surface area contributed by atoms with Gasteiger partial charge in [0.05, 0.1) is 13.7 Å². The fraction of sp³-hybridized carbons (Fsp3) is 0.409. The molecule has 0 fully saturated rings. The number of aromatic nitrogens is 5. The minimum atomic E-state index is -0.317. The van der Waals surface area contributed by atoms with Crippen molar-refractivity contribution in [3.63, 3.8) is 0 Å². The summed E-state index contributed by atoms with van der Waals surface area (Å²) in [6.45, 7) is 5.12. The number of methoxy groups -OCH3 is 1. The molecule has 8 heteroatoms. The summed E-state index contributed by atoms with van der Waals surface area (Å²) in [6.07, 6.45) is 4.72. The third kappa shape index (κ3) is 3.22. The lowest BCUT2D eigenvalue weighted by Gasteiger charge is -2.08. The number of rotatable bonds is 7. The predicted octanol–water partition coefficient (Wildman–Crippen LogP) is 2.70. The molecule has 1 aromatic carbocycles. The Labute approximate surface area is 174 Å². The molecule has 0 bridgehead atoms. The highest BCUT2D eigenvalue weighted by molar-refractivity contribution is 5.75. The van der Waals surface area contributed by atoms with Crippen LogP contribution in [0.1, 0.15) is 37.4 Å². The zero-order chi connectivity index (χ0) is 21.4. The van der Waals surface area contributed by atoms with Crippen molar-refractivity contribution in [2.45, 2.75) is 46.2 Å². The maximum Gasteiger partial charge on any atom is 0.332 e. The second-order valence-electron chi connectivity index (χ2n) is 7.66. The van der Waals surface area contributed by atoms with Crippen molar-refractivity contribution >= 4 is 16.9 Å². The Morgan fingerprint density at radius 2 is 1.80 bits per heavy atom. The largest absolute Gasteiger partial charge is 0.497 e. The summed E-state index contributed by atoms with van der Waals surface area (Å²) in [5, 5.41) is 0. The molecule has 158 valence electrons. The van der Waals surface area contributed by atoms with E-state index in [1.807, 2.05) is 46.4 Å². The molecule has 4 rings (SSSR count). The topological polar surface area (TPSA) is 75.5 Å². The van der Waals surface area contributed by atoms with Gasteiger partial charge >= 0.3 is 5.69 Å². The normalized spacial score (nSPS) is 11.6. The van der Waals surface area contributed by atoms with Crippen molar-refractivity contribution in [2.75, 3.05) is 7.11 Å². The van der Waals surface area contributed by atoms with Gasteiger partial charge in [-0.15, -0.1) is 0 Å². The molecule has 0 N–H and O–H groups in total. The number of unbranched alkanes of at least 4 members (excludes halogenated alkanes) is 2. The molecule has 3 aromatic heterocycles. The zero-order valence-electron chi connectivity index (χ0n) is 17.9. The molecule has 0 amide bonds. The van der Waals surface area contributed by atoms with Crippen LogP contribution in [0.15, 0.2) is 40.1 Å². The molecule has 0 unspecified atom stereocenters. The van der Waals surface area contributed by atoms with E-state index in [0.717, 1.165) is 36.3 Å². The Hall–Kier alpha value is -3.29. The number of hydrogen-bond donors (Lipinski definition) is 0. The average molecular weight is 409 g/mol. The van der Waals surface area contributed by atoms with Crippen LogP contribution in [0.2, 0.25) is 0 Å². The molecule has 0 spiro atoms. The fourth-order valence-electron chi connectivity index (χ4n) is 3.88. The summed E-state index contributed by atoms with van der Waals surface area (Å²) in [5.41, 5.74) is 2.34. The summed E-state index contributed by atoms with van der Waals surface area (Å²) in [6, 6.07) is 7.86. The first-order valence-corrected chi connectivity index (χ1v) is 10.3. The van der Waals surface area contributed by atoms with Crippen molar-refractivity contribution in [2.24, 2.45) is 7.05 Å². The van der Waals surface area contributed by atoms with E-state index in [1.54, 1.807) is 14.2 Å². The van der Waals surface area contributed by atoms with Crippen molar-refractivity contribution in [3.8, 4) is 5.75 Å². The van der Waals surface area contributed by atoms with Crippen LogP contribution in [0.4, 0.5) is 0 Å². The Morgan fingerprint density at radius 1 is 1.07 bits per heavy atom. The van der Waals surface area contributed by atoms with Gasteiger partial charge in [-0.2, -0.15) is 4.98 Å². The Kier molecular flexibility index (Phi) is 5.24. The van der Waals surface area contributed by atoms with Gasteiger partial charge in [0.25, 0.3) is 5.56 Å². The van der Waals surface area contributed by atoms with Gasteiger partial charge in [0.15, 0.2) is 11.2 Å². The van der Waals surface area contributed by atoms with Gasteiger partial charge in [-0.1, -0.05) is 31.9 Å². The third-order valence-electron chi connectivity index (χ3n) is 5.63. The minimum Gasteiger partial charge on any atom is -0.497 e. The molecule has 0 atom stereocenters. The van der Waals surface area contributed by atoms with Crippen LogP contribution in [0.3, 0.4) is 0 Å². The standard InChI is InChI=1S/C22H27N5O3/c1-5-6-7-12-25-20(28)18-19(24(3)22(25)29)23-21-26(15(2)13-27(18)21)14-16-8-10-17(30-4)11-9-16/h8-11,13H,5-7,12,14H2,1-4H3. The van der Waals surface area contributed by atoms with E-state index in [-0.39, 0.29) is 11.2 Å². The molecule has 0 saturated carbocycles. The highest BCUT2D eigenvalue weighted by atomic mass is 16.5. The summed E-state index contributed by atoms with van der Waals surface area (Å²) >= 11 is 0. The molecule has 8 nitrogen and oxygen atoms in total. The highest BCUT2D eigenvalue weighted by Gasteiger charge is 2.20. The molecule has 0 aliphatic rings. The molecule has 3 heterocycles. The number of hydrogen-bond acceptors (Lipinski definition) is 4.